The van der Waals surface area contributed by atoms with Crippen molar-refractivity contribution >= 4 is 11.7 Å². The molecular weight excluding hydrogens is 180 g/mol. The van der Waals surface area contributed by atoms with Gasteiger partial charge in [-0.3, -0.25) is 9.59 Å². The van der Waals surface area contributed by atoms with E-state index in [0.29, 0.717) is 0 Å². The molecule has 4 nitrogen and oxygen atoms in total. The highest BCUT2D eigenvalue weighted by Crippen LogP contribution is 2.11. The largest absolute Gasteiger partial charge is 0.334 e. The van der Waals surface area contributed by atoms with Crippen LogP contribution in [-0.4, -0.2) is 42.8 Å². The fraction of sp³-hybridized carbons (Fsp3) is 0.800. The molecule has 4 heteroatoms. The molecule has 0 saturated carbocycles. The number of ketones is 1. The van der Waals surface area contributed by atoms with Crippen LogP contribution in [-0.2, 0) is 9.59 Å². The predicted octanol–water partition coefficient (Wildman–Crippen LogP) is 0.176. The zero-order valence-electron chi connectivity index (χ0n) is 8.88. The molecule has 14 heavy (non-hydrogen) atoms. The van der Waals surface area contributed by atoms with Crippen LogP contribution in [0.25, 0.3) is 0 Å². The second kappa shape index (κ2) is 5.10. The molecule has 0 aromatic heterocycles. The first kappa shape index (κ1) is 11.2. The lowest BCUT2D eigenvalue weighted by molar-refractivity contribution is -0.136. The summed E-state index contributed by atoms with van der Waals surface area (Å²) in [5.74, 6) is 0.121. The second-order valence-electron chi connectivity index (χ2n) is 3.80. The Balaban J connectivity index is 2.63. The van der Waals surface area contributed by atoms with E-state index in [1.54, 1.807) is 11.9 Å². The molecule has 1 atom stereocenters. The number of likely N-dealkylation sites (tertiary alicyclic amines) is 1. The Labute approximate surface area is 84.7 Å². The smallest absolute Gasteiger partial charge is 0.240 e. The molecule has 0 bridgehead atoms. The van der Waals surface area contributed by atoms with Gasteiger partial charge in [-0.25, -0.2) is 0 Å². The summed E-state index contributed by atoms with van der Waals surface area (Å²) in [5.41, 5.74) is 0. The second-order valence-corrected chi connectivity index (χ2v) is 3.80. The van der Waals surface area contributed by atoms with Gasteiger partial charge in [-0.2, -0.15) is 0 Å². The molecule has 0 unspecified atom stereocenters. The van der Waals surface area contributed by atoms with Gasteiger partial charge in [-0.15, -0.1) is 0 Å². The Hall–Kier alpha value is -0.900. The first-order valence-corrected chi connectivity index (χ1v) is 5.10. The van der Waals surface area contributed by atoms with Gasteiger partial charge in [0, 0.05) is 6.54 Å². The molecule has 1 amide bonds. The van der Waals surface area contributed by atoms with Crippen molar-refractivity contribution in [3.05, 3.63) is 0 Å². The molecule has 1 aliphatic rings. The van der Waals surface area contributed by atoms with Crippen molar-refractivity contribution in [2.24, 2.45) is 0 Å². The van der Waals surface area contributed by atoms with E-state index in [-0.39, 0.29) is 24.3 Å². The van der Waals surface area contributed by atoms with E-state index in [9.17, 15) is 9.59 Å². The molecule has 0 radical (unpaired) electrons. The maximum absolute atomic E-state index is 11.8. The number of nitrogens with one attached hydrogen (secondary N) is 1. The Kier molecular flexibility index (Phi) is 4.07. The van der Waals surface area contributed by atoms with Crippen LogP contribution >= 0.6 is 0 Å². The normalized spacial score (nSPS) is 23.4. The van der Waals surface area contributed by atoms with Crippen molar-refractivity contribution in [1.82, 2.24) is 10.2 Å². The van der Waals surface area contributed by atoms with Crippen LogP contribution < -0.4 is 5.32 Å². The molecule has 0 spiro atoms. The number of rotatable bonds is 3. The molecule has 1 rings (SSSR count). The topological polar surface area (TPSA) is 49.4 Å². The highest BCUT2D eigenvalue weighted by Gasteiger charge is 2.25. The summed E-state index contributed by atoms with van der Waals surface area (Å²) in [6.45, 7) is 2.50. The monoisotopic (exact) mass is 198 g/mol. The zero-order valence-corrected chi connectivity index (χ0v) is 8.88. The average Bonchev–Trinajstić information content (AvgIpc) is 2.29. The lowest BCUT2D eigenvalue weighted by atomic mass is 10.1. The molecule has 0 aliphatic carbocycles. The third-order valence-corrected chi connectivity index (χ3v) is 2.54. The van der Waals surface area contributed by atoms with Crippen molar-refractivity contribution in [2.75, 3.05) is 20.1 Å². The first-order chi connectivity index (χ1) is 6.65. The average molecular weight is 198 g/mol. The van der Waals surface area contributed by atoms with E-state index in [1.165, 1.54) is 6.92 Å². The van der Waals surface area contributed by atoms with E-state index in [2.05, 4.69) is 5.32 Å². The molecular formula is C10H18N2O2. The van der Waals surface area contributed by atoms with Gasteiger partial charge in [0.25, 0.3) is 0 Å². The van der Waals surface area contributed by atoms with Gasteiger partial charge in [0.05, 0.1) is 12.6 Å². The van der Waals surface area contributed by atoms with Crippen LogP contribution in [0.1, 0.15) is 26.2 Å². The van der Waals surface area contributed by atoms with Crippen LogP contribution in [0.2, 0.25) is 0 Å². The number of carbonyl (C=O) groups is 2. The predicted molar refractivity (Wildman–Crippen MR) is 54.0 cm³/mol. The minimum atomic E-state index is -0.100. The van der Waals surface area contributed by atoms with Gasteiger partial charge in [0.15, 0.2) is 0 Å². The summed E-state index contributed by atoms with van der Waals surface area (Å²) < 4.78 is 0. The van der Waals surface area contributed by atoms with Crippen LogP contribution in [0.15, 0.2) is 0 Å². The van der Waals surface area contributed by atoms with Crippen molar-refractivity contribution in [2.45, 2.75) is 32.2 Å². The summed E-state index contributed by atoms with van der Waals surface area (Å²) in [6.07, 6.45) is 2.92. The van der Waals surface area contributed by atoms with Gasteiger partial charge >= 0.3 is 0 Å². The molecule has 0 aromatic rings. The molecule has 1 N–H and O–H groups in total. The number of likely N-dealkylation sites (N-methyl/N-ethyl adjacent to an activating group) is 1. The SMILES string of the molecule is CN[C@H]1CCCCN(CC(C)=O)C1=O. The lowest BCUT2D eigenvalue weighted by Gasteiger charge is -2.22. The van der Waals surface area contributed by atoms with Gasteiger partial charge in [-0.1, -0.05) is 0 Å². The number of amides is 1. The summed E-state index contributed by atoms with van der Waals surface area (Å²) in [5, 5.41) is 2.99. The van der Waals surface area contributed by atoms with E-state index < -0.39 is 0 Å². The van der Waals surface area contributed by atoms with E-state index >= 15 is 0 Å². The number of hydrogen-bond donors (Lipinski definition) is 1. The van der Waals surface area contributed by atoms with E-state index in [4.69, 9.17) is 0 Å². The number of hydrogen-bond acceptors (Lipinski definition) is 3. The maximum Gasteiger partial charge on any atom is 0.240 e. The lowest BCUT2D eigenvalue weighted by Crippen LogP contribution is -2.45. The van der Waals surface area contributed by atoms with Gasteiger partial charge in [-0.05, 0) is 33.2 Å². The summed E-state index contributed by atoms with van der Waals surface area (Å²) in [4.78, 5) is 24.4. The zero-order chi connectivity index (χ0) is 10.6. The summed E-state index contributed by atoms with van der Waals surface area (Å²) >= 11 is 0. The Morgan fingerprint density at radius 2 is 2.29 bits per heavy atom. The van der Waals surface area contributed by atoms with Gasteiger partial charge in [0.2, 0.25) is 5.91 Å². The van der Waals surface area contributed by atoms with Crippen molar-refractivity contribution < 1.29 is 9.59 Å². The van der Waals surface area contributed by atoms with Crippen LogP contribution in [0.4, 0.5) is 0 Å². The fourth-order valence-corrected chi connectivity index (χ4v) is 1.80. The summed E-state index contributed by atoms with van der Waals surface area (Å²) in [7, 11) is 1.79. The fourth-order valence-electron chi connectivity index (χ4n) is 1.80. The minimum absolute atomic E-state index is 0.0510. The maximum atomic E-state index is 11.8. The molecule has 80 valence electrons. The minimum Gasteiger partial charge on any atom is -0.334 e. The van der Waals surface area contributed by atoms with Crippen LogP contribution in [0.5, 0.6) is 0 Å². The van der Waals surface area contributed by atoms with Gasteiger partial charge in [0.1, 0.15) is 5.78 Å². The molecule has 1 fully saturated rings. The quantitative estimate of drug-likeness (QED) is 0.703. The highest BCUT2D eigenvalue weighted by molar-refractivity contribution is 5.87. The van der Waals surface area contributed by atoms with Crippen LogP contribution in [0.3, 0.4) is 0 Å². The van der Waals surface area contributed by atoms with E-state index in [1.807, 2.05) is 0 Å². The van der Waals surface area contributed by atoms with Gasteiger partial charge < -0.3 is 10.2 Å². The number of nitrogens with zero attached hydrogens (tertiary/aromatic N) is 1. The Morgan fingerprint density at radius 3 is 2.86 bits per heavy atom. The number of carbonyl (C=O) groups excluding carboxylic acids is 2. The third kappa shape index (κ3) is 2.80. The molecule has 1 heterocycles. The summed E-state index contributed by atoms with van der Waals surface area (Å²) in [6, 6.07) is -0.100. The standard InChI is InChI=1S/C10H18N2O2/c1-8(13)7-12-6-4-3-5-9(11-2)10(12)14/h9,11H,3-7H2,1-2H3/t9-/m0/s1. The van der Waals surface area contributed by atoms with Crippen molar-refractivity contribution in [3.63, 3.8) is 0 Å². The highest BCUT2D eigenvalue weighted by atomic mass is 16.2. The Bertz CT molecular complexity index is 228. The Morgan fingerprint density at radius 1 is 1.57 bits per heavy atom. The molecule has 0 aromatic carbocycles. The molecule has 1 saturated heterocycles. The number of Topliss-reactive ketones (excluding diaryl/α,β-unsaturated/α-hetero) is 1. The third-order valence-electron chi connectivity index (χ3n) is 2.54. The molecule has 1 aliphatic heterocycles. The van der Waals surface area contributed by atoms with E-state index in [0.717, 1.165) is 25.8 Å². The van der Waals surface area contributed by atoms with Crippen molar-refractivity contribution in [3.8, 4) is 0 Å². The van der Waals surface area contributed by atoms with Crippen LogP contribution in [0, 0.1) is 0 Å². The van der Waals surface area contributed by atoms with Crippen molar-refractivity contribution in [1.29, 1.82) is 0 Å². The first-order valence-electron chi connectivity index (χ1n) is 5.10.